The molecule has 0 radical (unpaired) electrons. The van der Waals surface area contributed by atoms with Gasteiger partial charge in [-0.1, -0.05) is 19.1 Å². The van der Waals surface area contributed by atoms with Crippen LogP contribution < -0.4 is 19.5 Å². The largest absolute Gasteiger partial charge is 0.486 e. The van der Waals surface area contributed by atoms with Crippen LogP contribution in [0.15, 0.2) is 47.4 Å². The molecular formula is C18H20N2O5S. The van der Waals surface area contributed by atoms with Crippen LogP contribution in [0.1, 0.15) is 12.5 Å². The topological polar surface area (TPSA) is 93.7 Å². The number of sulfonamides is 1. The number of hydrogen-bond donors (Lipinski definition) is 2. The van der Waals surface area contributed by atoms with Gasteiger partial charge in [-0.15, -0.1) is 0 Å². The van der Waals surface area contributed by atoms with Crippen LogP contribution in [0.5, 0.6) is 11.5 Å². The lowest BCUT2D eigenvalue weighted by molar-refractivity contribution is -0.115. The minimum atomic E-state index is -3.84. The van der Waals surface area contributed by atoms with Gasteiger partial charge in [-0.05, 0) is 36.2 Å². The Morgan fingerprint density at radius 1 is 1.04 bits per heavy atom. The number of nitrogens with one attached hydrogen (secondary N) is 2. The zero-order valence-electron chi connectivity index (χ0n) is 14.3. The van der Waals surface area contributed by atoms with Crippen LogP contribution in [0.3, 0.4) is 0 Å². The molecule has 2 aromatic rings. The van der Waals surface area contributed by atoms with E-state index in [1.54, 1.807) is 18.2 Å². The van der Waals surface area contributed by atoms with E-state index >= 15 is 0 Å². The summed E-state index contributed by atoms with van der Waals surface area (Å²) in [6, 6.07) is 11.7. The van der Waals surface area contributed by atoms with Crippen LogP contribution in [0, 0.1) is 0 Å². The van der Waals surface area contributed by atoms with Crippen molar-refractivity contribution in [3.8, 4) is 11.5 Å². The number of hydrogen-bond acceptors (Lipinski definition) is 5. The van der Waals surface area contributed by atoms with Crippen molar-refractivity contribution in [2.75, 3.05) is 25.1 Å². The van der Waals surface area contributed by atoms with Gasteiger partial charge in [-0.2, -0.15) is 0 Å². The Morgan fingerprint density at radius 3 is 2.42 bits per heavy atom. The molecule has 0 saturated carbocycles. The molecule has 1 amide bonds. The van der Waals surface area contributed by atoms with Gasteiger partial charge in [0.1, 0.15) is 13.2 Å². The van der Waals surface area contributed by atoms with E-state index in [0.717, 1.165) is 12.0 Å². The van der Waals surface area contributed by atoms with Crippen LogP contribution in [-0.4, -0.2) is 34.1 Å². The average molecular weight is 376 g/mol. The van der Waals surface area contributed by atoms with E-state index in [9.17, 15) is 13.2 Å². The normalized spacial score (nSPS) is 13.3. The molecule has 2 aromatic carbocycles. The highest BCUT2D eigenvalue weighted by atomic mass is 32.2. The van der Waals surface area contributed by atoms with Crippen molar-refractivity contribution in [1.82, 2.24) is 4.72 Å². The molecule has 8 heteroatoms. The summed E-state index contributed by atoms with van der Waals surface area (Å²) in [5, 5.41) is 2.66. The molecular weight excluding hydrogens is 356 g/mol. The molecule has 0 atom stereocenters. The second kappa shape index (κ2) is 7.76. The number of amides is 1. The van der Waals surface area contributed by atoms with Gasteiger partial charge < -0.3 is 14.8 Å². The zero-order chi connectivity index (χ0) is 18.6. The summed E-state index contributed by atoms with van der Waals surface area (Å²) in [7, 11) is -3.84. The predicted molar refractivity (Wildman–Crippen MR) is 97.1 cm³/mol. The van der Waals surface area contributed by atoms with Crippen molar-refractivity contribution < 1.29 is 22.7 Å². The van der Waals surface area contributed by atoms with Gasteiger partial charge in [-0.3, -0.25) is 4.79 Å². The molecule has 1 heterocycles. The van der Waals surface area contributed by atoms with Crippen molar-refractivity contribution >= 4 is 21.6 Å². The van der Waals surface area contributed by atoms with Crippen molar-refractivity contribution in [1.29, 1.82) is 0 Å². The monoisotopic (exact) mass is 376 g/mol. The molecule has 0 bridgehead atoms. The summed E-state index contributed by atoms with van der Waals surface area (Å²) in [6.07, 6.45) is 0.906. The lowest BCUT2D eigenvalue weighted by Crippen LogP contribution is -2.33. The summed E-state index contributed by atoms with van der Waals surface area (Å²) in [6.45, 7) is 2.46. The van der Waals surface area contributed by atoms with E-state index in [1.165, 1.54) is 12.1 Å². The van der Waals surface area contributed by atoms with Crippen molar-refractivity contribution in [3.63, 3.8) is 0 Å². The van der Waals surface area contributed by atoms with Crippen LogP contribution in [-0.2, 0) is 21.2 Å². The first-order valence-corrected chi connectivity index (χ1v) is 9.74. The number of anilines is 1. The smallest absolute Gasteiger partial charge is 0.241 e. The summed E-state index contributed by atoms with van der Waals surface area (Å²) in [5.41, 5.74) is 1.77. The van der Waals surface area contributed by atoms with Crippen LogP contribution in [0.2, 0.25) is 0 Å². The minimum Gasteiger partial charge on any atom is -0.486 e. The molecule has 1 aliphatic rings. The Kier molecular flexibility index (Phi) is 5.43. The maximum absolute atomic E-state index is 12.4. The first-order chi connectivity index (χ1) is 12.5. The van der Waals surface area contributed by atoms with E-state index < -0.39 is 15.9 Å². The van der Waals surface area contributed by atoms with E-state index in [2.05, 4.69) is 10.0 Å². The molecule has 3 rings (SSSR count). The Hall–Kier alpha value is -2.58. The quantitative estimate of drug-likeness (QED) is 0.804. The highest BCUT2D eigenvalue weighted by molar-refractivity contribution is 7.89. The third kappa shape index (κ3) is 4.33. The Morgan fingerprint density at radius 2 is 1.73 bits per heavy atom. The molecule has 0 saturated heterocycles. The summed E-state index contributed by atoms with van der Waals surface area (Å²) in [5.74, 6) is 0.429. The molecule has 7 nitrogen and oxygen atoms in total. The van der Waals surface area contributed by atoms with Crippen molar-refractivity contribution in [2.45, 2.75) is 18.2 Å². The molecule has 1 aliphatic heterocycles. The van der Waals surface area contributed by atoms with E-state index in [1.807, 2.05) is 19.1 Å². The molecule has 138 valence electrons. The SMILES string of the molecule is CCc1ccc(NC(=O)CNS(=O)(=O)c2ccc3c(c2)OCCO3)cc1. The third-order valence-electron chi connectivity index (χ3n) is 3.89. The molecule has 0 unspecified atom stereocenters. The molecule has 0 spiro atoms. The Labute approximate surface area is 152 Å². The van der Waals surface area contributed by atoms with Gasteiger partial charge in [-0.25, -0.2) is 13.1 Å². The van der Waals surface area contributed by atoms with E-state index in [-0.39, 0.29) is 11.4 Å². The van der Waals surface area contributed by atoms with Gasteiger partial charge in [0.25, 0.3) is 0 Å². The lowest BCUT2D eigenvalue weighted by atomic mass is 10.1. The third-order valence-corrected chi connectivity index (χ3v) is 5.29. The van der Waals surface area contributed by atoms with Gasteiger partial charge in [0.05, 0.1) is 11.4 Å². The molecule has 0 aromatic heterocycles. The average Bonchev–Trinajstić information content (AvgIpc) is 2.67. The fourth-order valence-corrected chi connectivity index (χ4v) is 3.46. The van der Waals surface area contributed by atoms with Crippen LogP contribution >= 0.6 is 0 Å². The number of fused-ring (bicyclic) bond motifs is 1. The summed E-state index contributed by atoms with van der Waals surface area (Å²) in [4.78, 5) is 12.0. The van der Waals surface area contributed by atoms with E-state index in [0.29, 0.717) is 30.4 Å². The predicted octanol–water partition coefficient (Wildman–Crippen LogP) is 1.94. The molecule has 0 aliphatic carbocycles. The highest BCUT2D eigenvalue weighted by Crippen LogP contribution is 2.32. The second-order valence-corrected chi connectivity index (χ2v) is 7.50. The number of benzene rings is 2. The number of carbonyl (C=O) groups is 1. The molecule has 2 N–H and O–H groups in total. The Balaban J connectivity index is 1.61. The maximum atomic E-state index is 12.4. The van der Waals surface area contributed by atoms with Gasteiger partial charge in [0.2, 0.25) is 15.9 Å². The fourth-order valence-electron chi connectivity index (χ4n) is 2.46. The Bertz CT molecular complexity index is 894. The first-order valence-electron chi connectivity index (χ1n) is 8.26. The number of ether oxygens (including phenoxy) is 2. The first kappa shape index (κ1) is 18.2. The summed E-state index contributed by atoms with van der Waals surface area (Å²) < 4.78 is 37.8. The van der Waals surface area contributed by atoms with Gasteiger partial charge >= 0.3 is 0 Å². The van der Waals surface area contributed by atoms with Crippen molar-refractivity contribution in [3.05, 3.63) is 48.0 Å². The summed E-state index contributed by atoms with van der Waals surface area (Å²) >= 11 is 0. The fraction of sp³-hybridized carbons (Fsp3) is 0.278. The maximum Gasteiger partial charge on any atom is 0.241 e. The highest BCUT2D eigenvalue weighted by Gasteiger charge is 2.20. The lowest BCUT2D eigenvalue weighted by Gasteiger charge is -2.18. The van der Waals surface area contributed by atoms with Gasteiger partial charge in [0.15, 0.2) is 11.5 Å². The van der Waals surface area contributed by atoms with Gasteiger partial charge in [0, 0.05) is 11.8 Å². The number of rotatable bonds is 6. The zero-order valence-corrected chi connectivity index (χ0v) is 15.1. The van der Waals surface area contributed by atoms with Crippen molar-refractivity contribution in [2.24, 2.45) is 0 Å². The van der Waals surface area contributed by atoms with Crippen LogP contribution in [0.4, 0.5) is 5.69 Å². The standard InChI is InChI=1S/C18H20N2O5S/c1-2-13-3-5-14(6-4-13)20-18(21)12-19-26(22,23)15-7-8-16-17(11-15)25-10-9-24-16/h3-8,11,19H,2,9-10,12H2,1H3,(H,20,21). The van der Waals surface area contributed by atoms with Crippen LogP contribution in [0.25, 0.3) is 0 Å². The molecule has 26 heavy (non-hydrogen) atoms. The second-order valence-electron chi connectivity index (χ2n) is 5.73. The molecule has 0 fully saturated rings. The van der Waals surface area contributed by atoms with E-state index in [4.69, 9.17) is 9.47 Å². The minimum absolute atomic E-state index is 0.0156. The number of aryl methyl sites for hydroxylation is 1. The number of carbonyl (C=O) groups excluding carboxylic acids is 1.